The Labute approximate surface area is 190 Å². The van der Waals surface area contributed by atoms with Gasteiger partial charge in [-0.3, -0.25) is 4.79 Å². The third-order valence-electron chi connectivity index (χ3n) is 5.97. The lowest BCUT2D eigenvalue weighted by atomic mass is 10.0. The summed E-state index contributed by atoms with van der Waals surface area (Å²) in [5, 5.41) is 20.3. The SMILES string of the molecule is C=C/C(=C\C)c1ccc(NCC2CCN(C(=O)CCc3cccc(C#N)c3)C2)c(C=N)c1. The molecule has 5 heteroatoms. The van der Waals surface area contributed by atoms with Crippen LogP contribution in [0.4, 0.5) is 5.69 Å². The van der Waals surface area contributed by atoms with Gasteiger partial charge in [0, 0.05) is 43.5 Å². The molecule has 1 saturated heterocycles. The zero-order valence-electron chi connectivity index (χ0n) is 18.6. The minimum Gasteiger partial charge on any atom is -0.384 e. The molecule has 1 amide bonds. The smallest absolute Gasteiger partial charge is 0.222 e. The number of amides is 1. The number of benzene rings is 2. The summed E-state index contributed by atoms with van der Waals surface area (Å²) in [4.78, 5) is 14.6. The fourth-order valence-corrected chi connectivity index (χ4v) is 4.11. The molecule has 0 saturated carbocycles. The number of nitrogens with zero attached hydrogens (tertiary/aromatic N) is 2. The van der Waals surface area contributed by atoms with E-state index in [0.29, 0.717) is 24.3 Å². The van der Waals surface area contributed by atoms with Crippen molar-refractivity contribution in [2.24, 2.45) is 5.92 Å². The summed E-state index contributed by atoms with van der Waals surface area (Å²) in [6.45, 7) is 8.13. The van der Waals surface area contributed by atoms with Crippen LogP contribution >= 0.6 is 0 Å². The van der Waals surface area contributed by atoms with Crippen molar-refractivity contribution >= 4 is 23.4 Å². The van der Waals surface area contributed by atoms with Crippen LogP contribution in [-0.4, -0.2) is 36.7 Å². The molecule has 3 rings (SSSR count). The van der Waals surface area contributed by atoms with Crippen LogP contribution in [0.2, 0.25) is 0 Å². The Hall–Kier alpha value is -3.65. The molecular weight excluding hydrogens is 396 g/mol. The molecule has 1 atom stereocenters. The van der Waals surface area contributed by atoms with Gasteiger partial charge in [-0.15, -0.1) is 0 Å². The quantitative estimate of drug-likeness (QED) is 0.435. The van der Waals surface area contributed by atoms with Crippen molar-refractivity contribution in [1.29, 1.82) is 10.7 Å². The van der Waals surface area contributed by atoms with Crippen LogP contribution in [0.1, 0.15) is 42.0 Å². The maximum Gasteiger partial charge on any atom is 0.222 e. The molecule has 2 aromatic rings. The van der Waals surface area contributed by atoms with Crippen molar-refractivity contribution in [2.75, 3.05) is 25.0 Å². The normalized spacial score (nSPS) is 15.8. The lowest BCUT2D eigenvalue weighted by Crippen LogP contribution is -2.30. The van der Waals surface area contributed by atoms with E-state index in [1.165, 1.54) is 6.21 Å². The Bertz CT molecular complexity index is 1060. The van der Waals surface area contributed by atoms with Crippen LogP contribution in [0.15, 0.2) is 61.2 Å². The number of carbonyl (C=O) groups is 1. The molecule has 1 aliphatic heterocycles. The van der Waals surface area contributed by atoms with Crippen LogP contribution in [0.3, 0.4) is 0 Å². The third-order valence-corrected chi connectivity index (χ3v) is 5.97. The van der Waals surface area contributed by atoms with Crippen LogP contribution in [0.25, 0.3) is 5.57 Å². The Balaban J connectivity index is 1.51. The maximum absolute atomic E-state index is 12.6. The second kappa shape index (κ2) is 11.1. The number of hydrogen-bond acceptors (Lipinski definition) is 4. The molecule has 1 fully saturated rings. The zero-order valence-corrected chi connectivity index (χ0v) is 18.6. The van der Waals surface area contributed by atoms with Crippen LogP contribution in [0, 0.1) is 22.7 Å². The largest absolute Gasteiger partial charge is 0.384 e. The molecule has 5 nitrogen and oxygen atoms in total. The average molecular weight is 427 g/mol. The first-order valence-electron chi connectivity index (χ1n) is 11.0. The number of anilines is 1. The van der Waals surface area contributed by atoms with Crippen molar-refractivity contribution < 1.29 is 4.79 Å². The molecule has 32 heavy (non-hydrogen) atoms. The highest BCUT2D eigenvalue weighted by molar-refractivity contribution is 5.88. The first-order valence-corrected chi connectivity index (χ1v) is 11.0. The molecule has 0 radical (unpaired) electrons. The van der Waals surface area contributed by atoms with Gasteiger partial charge in [-0.2, -0.15) is 5.26 Å². The number of nitriles is 1. The number of carbonyl (C=O) groups excluding carboxylic acids is 1. The van der Waals surface area contributed by atoms with E-state index >= 15 is 0 Å². The van der Waals surface area contributed by atoms with Gasteiger partial charge in [0.2, 0.25) is 5.91 Å². The predicted molar refractivity (Wildman–Crippen MR) is 131 cm³/mol. The molecule has 2 N–H and O–H groups in total. The van der Waals surface area contributed by atoms with Crippen LogP contribution < -0.4 is 5.32 Å². The number of nitrogens with one attached hydrogen (secondary N) is 2. The molecule has 0 aliphatic carbocycles. The van der Waals surface area contributed by atoms with Crippen molar-refractivity contribution in [1.82, 2.24) is 4.90 Å². The highest BCUT2D eigenvalue weighted by Crippen LogP contribution is 2.24. The molecule has 0 spiro atoms. The lowest BCUT2D eigenvalue weighted by Gasteiger charge is -2.18. The van der Waals surface area contributed by atoms with E-state index in [-0.39, 0.29) is 5.91 Å². The topological polar surface area (TPSA) is 80.0 Å². The Morgan fingerprint density at radius 3 is 2.91 bits per heavy atom. The van der Waals surface area contributed by atoms with Gasteiger partial charge >= 0.3 is 0 Å². The Morgan fingerprint density at radius 1 is 1.34 bits per heavy atom. The predicted octanol–water partition coefficient (Wildman–Crippen LogP) is 5.04. The molecule has 164 valence electrons. The molecule has 0 aromatic heterocycles. The standard InChI is InChI=1S/C27H30N4O/c1-3-23(4-2)24-9-10-26(25(15-24)17-29)30-18-22-12-13-31(19-22)27(32)11-8-20-6-5-7-21(14-20)16-28/h3-7,9-10,14-15,17,22,29-30H,1,8,11-13,18-19H2,2H3/b23-4+,29-17?. The van der Waals surface area contributed by atoms with Crippen molar-refractivity contribution in [2.45, 2.75) is 26.2 Å². The Kier molecular flexibility index (Phi) is 7.99. The van der Waals surface area contributed by atoms with E-state index < -0.39 is 0 Å². The van der Waals surface area contributed by atoms with E-state index in [0.717, 1.165) is 54.0 Å². The van der Waals surface area contributed by atoms with E-state index in [1.807, 2.05) is 60.4 Å². The Morgan fingerprint density at radius 2 is 2.19 bits per heavy atom. The van der Waals surface area contributed by atoms with E-state index in [9.17, 15) is 4.79 Å². The first kappa shape index (κ1) is 23.0. The average Bonchev–Trinajstić information content (AvgIpc) is 3.31. The number of hydrogen-bond donors (Lipinski definition) is 2. The second-order valence-electron chi connectivity index (χ2n) is 8.08. The molecule has 1 unspecified atom stereocenters. The van der Waals surface area contributed by atoms with E-state index in [2.05, 4.69) is 18.0 Å². The lowest BCUT2D eigenvalue weighted by molar-refractivity contribution is -0.130. The van der Waals surface area contributed by atoms with Crippen LogP contribution in [-0.2, 0) is 11.2 Å². The maximum atomic E-state index is 12.6. The van der Waals surface area contributed by atoms with E-state index in [1.54, 1.807) is 6.07 Å². The summed E-state index contributed by atoms with van der Waals surface area (Å²) in [5.74, 6) is 0.557. The molecular formula is C27H30N4O. The first-order chi connectivity index (χ1) is 15.6. The summed E-state index contributed by atoms with van der Waals surface area (Å²) in [6.07, 6.45) is 7.29. The van der Waals surface area contributed by atoms with Gasteiger partial charge in [0.1, 0.15) is 0 Å². The minimum atomic E-state index is 0.169. The summed E-state index contributed by atoms with van der Waals surface area (Å²) in [5.41, 5.74) is 5.52. The number of allylic oxidation sites excluding steroid dienone is 3. The highest BCUT2D eigenvalue weighted by Gasteiger charge is 2.25. The second-order valence-corrected chi connectivity index (χ2v) is 8.08. The molecule has 1 aliphatic rings. The van der Waals surface area contributed by atoms with Gasteiger partial charge in [0.05, 0.1) is 11.6 Å². The van der Waals surface area contributed by atoms with Crippen molar-refractivity contribution in [3.8, 4) is 6.07 Å². The van der Waals surface area contributed by atoms with Gasteiger partial charge in [0.15, 0.2) is 0 Å². The highest BCUT2D eigenvalue weighted by atomic mass is 16.2. The number of rotatable bonds is 9. The summed E-state index contributed by atoms with van der Waals surface area (Å²) < 4.78 is 0. The third kappa shape index (κ3) is 5.73. The van der Waals surface area contributed by atoms with Gasteiger partial charge in [0.25, 0.3) is 0 Å². The van der Waals surface area contributed by atoms with Gasteiger partial charge in [-0.05, 0) is 66.6 Å². The van der Waals surface area contributed by atoms with Crippen LogP contribution in [0.5, 0.6) is 0 Å². The van der Waals surface area contributed by atoms with Gasteiger partial charge < -0.3 is 15.6 Å². The summed E-state index contributed by atoms with van der Waals surface area (Å²) >= 11 is 0. The van der Waals surface area contributed by atoms with Gasteiger partial charge in [-0.25, -0.2) is 0 Å². The molecule has 0 bridgehead atoms. The summed E-state index contributed by atoms with van der Waals surface area (Å²) in [6, 6.07) is 15.6. The fourth-order valence-electron chi connectivity index (χ4n) is 4.11. The monoisotopic (exact) mass is 426 g/mol. The number of aryl methyl sites for hydroxylation is 1. The molecule has 2 aromatic carbocycles. The fraction of sp³-hybridized carbons (Fsp3) is 0.296. The minimum absolute atomic E-state index is 0.169. The van der Waals surface area contributed by atoms with Crippen molar-refractivity contribution in [3.05, 3.63) is 83.4 Å². The van der Waals surface area contributed by atoms with Crippen molar-refractivity contribution in [3.63, 3.8) is 0 Å². The van der Waals surface area contributed by atoms with Gasteiger partial charge in [-0.1, -0.05) is 36.9 Å². The van der Waals surface area contributed by atoms with E-state index in [4.69, 9.17) is 10.7 Å². The zero-order chi connectivity index (χ0) is 22.9. The summed E-state index contributed by atoms with van der Waals surface area (Å²) in [7, 11) is 0. The number of likely N-dealkylation sites (tertiary alicyclic amines) is 1. The molecule has 1 heterocycles.